The average Bonchev–Trinajstić information content (AvgIpc) is 3.58. The van der Waals surface area contributed by atoms with Gasteiger partial charge in [-0.25, -0.2) is 14.4 Å². The minimum Gasteiger partial charge on any atom is -0.378 e. The number of aromatic amines is 1. The fourth-order valence-corrected chi connectivity index (χ4v) is 4.39. The quantitative estimate of drug-likeness (QED) is 0.243. The molecule has 15 heteroatoms. The molecule has 4 aromatic rings. The number of pyridine rings is 2. The van der Waals surface area contributed by atoms with E-state index in [0.29, 0.717) is 17.2 Å². The molecule has 1 atom stereocenters. The summed E-state index contributed by atoms with van der Waals surface area (Å²) in [6.45, 7) is 0.0450. The van der Waals surface area contributed by atoms with E-state index >= 15 is 0 Å². The van der Waals surface area contributed by atoms with E-state index in [-0.39, 0.29) is 53.8 Å². The molecule has 1 aliphatic heterocycles. The van der Waals surface area contributed by atoms with Crippen molar-refractivity contribution >= 4 is 46.0 Å². The maximum Gasteiger partial charge on any atom is 0.418 e. The molecule has 0 unspecified atom stereocenters. The van der Waals surface area contributed by atoms with Gasteiger partial charge in [0.05, 0.1) is 64.4 Å². The summed E-state index contributed by atoms with van der Waals surface area (Å²) in [6, 6.07) is 5.13. The standard InChI is InChI=1S/C25H20ClF4N7O3/c26-17-7-15(36-18-2-1-14(27)6-16(18)25(28,29)30)9-31-20(17)10-33-23(39)24(3-4-40-11-24)37-22(38)13-5-19-21(32-8-13)35-12-34-19/h1-2,5-9,12,36H,3-4,10-11H2,(H,33,39)(H,37,38)(H,32,34,35)/t24-/m0/s1. The molecule has 1 saturated heterocycles. The molecule has 4 heterocycles. The van der Waals surface area contributed by atoms with E-state index < -0.39 is 34.9 Å². The second-order valence-corrected chi connectivity index (χ2v) is 9.39. The first-order valence-corrected chi connectivity index (χ1v) is 12.2. The van der Waals surface area contributed by atoms with Crippen molar-refractivity contribution in [3.63, 3.8) is 0 Å². The third-order valence-corrected chi connectivity index (χ3v) is 6.57. The lowest BCUT2D eigenvalue weighted by molar-refractivity contribution is -0.137. The van der Waals surface area contributed by atoms with Gasteiger partial charge in [-0.3, -0.25) is 14.6 Å². The number of benzene rings is 1. The average molecular weight is 578 g/mol. The van der Waals surface area contributed by atoms with Crippen LogP contribution in [0.15, 0.2) is 49.1 Å². The molecule has 3 aromatic heterocycles. The van der Waals surface area contributed by atoms with Crippen LogP contribution in [0.1, 0.15) is 28.0 Å². The Labute approximate surface area is 228 Å². The van der Waals surface area contributed by atoms with E-state index in [1.165, 1.54) is 24.8 Å². The molecule has 1 fully saturated rings. The highest BCUT2D eigenvalue weighted by atomic mass is 35.5. The minimum absolute atomic E-state index is 0.0562. The van der Waals surface area contributed by atoms with Crippen molar-refractivity contribution in [3.05, 3.63) is 76.7 Å². The Kier molecular flexibility index (Phi) is 7.29. The van der Waals surface area contributed by atoms with Gasteiger partial charge in [0.2, 0.25) is 5.91 Å². The fraction of sp³-hybridized carbons (Fsp3) is 0.240. The van der Waals surface area contributed by atoms with Crippen LogP contribution in [0.2, 0.25) is 5.02 Å². The first-order chi connectivity index (χ1) is 19.0. The van der Waals surface area contributed by atoms with E-state index in [9.17, 15) is 27.2 Å². The summed E-state index contributed by atoms with van der Waals surface area (Å²) in [5, 5.41) is 8.02. The van der Waals surface area contributed by atoms with Crippen molar-refractivity contribution in [2.45, 2.75) is 24.7 Å². The van der Waals surface area contributed by atoms with Crippen LogP contribution in [0.25, 0.3) is 11.2 Å². The largest absolute Gasteiger partial charge is 0.418 e. The maximum absolute atomic E-state index is 13.4. The smallest absolute Gasteiger partial charge is 0.378 e. The summed E-state index contributed by atoms with van der Waals surface area (Å²) >= 11 is 6.29. The molecule has 40 heavy (non-hydrogen) atoms. The minimum atomic E-state index is -4.79. The Morgan fingerprint density at radius 3 is 2.67 bits per heavy atom. The number of halogens is 5. The van der Waals surface area contributed by atoms with Crippen LogP contribution >= 0.6 is 11.6 Å². The van der Waals surface area contributed by atoms with E-state index in [1.54, 1.807) is 6.07 Å². The number of hydrogen-bond donors (Lipinski definition) is 4. The molecule has 0 radical (unpaired) electrons. The number of hydrogen-bond acceptors (Lipinski definition) is 7. The number of amides is 2. The van der Waals surface area contributed by atoms with Crippen molar-refractivity contribution in [1.82, 2.24) is 30.6 Å². The van der Waals surface area contributed by atoms with E-state index in [0.717, 1.165) is 12.1 Å². The Bertz CT molecular complexity index is 1590. The second kappa shape index (κ2) is 10.7. The first-order valence-electron chi connectivity index (χ1n) is 11.8. The van der Waals surface area contributed by atoms with Crippen LogP contribution in [-0.4, -0.2) is 50.5 Å². The molecule has 1 aromatic carbocycles. The van der Waals surface area contributed by atoms with Gasteiger partial charge < -0.3 is 25.7 Å². The number of nitrogens with zero attached hydrogens (tertiary/aromatic N) is 3. The molecule has 0 aliphatic carbocycles. The number of imidazole rings is 1. The number of anilines is 2. The zero-order valence-electron chi connectivity index (χ0n) is 20.4. The Balaban J connectivity index is 1.26. The van der Waals surface area contributed by atoms with Crippen LogP contribution in [0, 0.1) is 5.82 Å². The Morgan fingerprint density at radius 2 is 1.95 bits per heavy atom. The summed E-state index contributed by atoms with van der Waals surface area (Å²) in [6.07, 6.45) is -0.547. The molecule has 0 bridgehead atoms. The number of rotatable bonds is 7. The molecule has 0 saturated carbocycles. The number of alkyl halides is 3. The van der Waals surface area contributed by atoms with Crippen molar-refractivity contribution in [2.24, 2.45) is 0 Å². The lowest BCUT2D eigenvalue weighted by Gasteiger charge is -2.27. The summed E-state index contributed by atoms with van der Waals surface area (Å²) in [5.41, 5.74) is -1.36. The van der Waals surface area contributed by atoms with E-state index in [4.69, 9.17) is 16.3 Å². The fourth-order valence-electron chi connectivity index (χ4n) is 4.16. The number of aromatic nitrogens is 4. The van der Waals surface area contributed by atoms with Crippen molar-refractivity contribution in [3.8, 4) is 0 Å². The molecule has 2 amide bonds. The number of H-pyrrole nitrogens is 1. The van der Waals surface area contributed by atoms with Gasteiger partial charge in [-0.05, 0) is 30.3 Å². The van der Waals surface area contributed by atoms with Gasteiger partial charge in [-0.15, -0.1) is 0 Å². The molecular formula is C25H20ClF4N7O3. The normalized spacial score (nSPS) is 17.1. The highest BCUT2D eigenvalue weighted by molar-refractivity contribution is 6.31. The van der Waals surface area contributed by atoms with Gasteiger partial charge in [0.1, 0.15) is 11.4 Å². The predicted octanol–water partition coefficient (Wildman–Crippen LogP) is 4.11. The van der Waals surface area contributed by atoms with Crippen LogP contribution in [-0.2, 0) is 22.3 Å². The summed E-state index contributed by atoms with van der Waals surface area (Å²) in [7, 11) is 0. The number of carbonyl (C=O) groups excluding carboxylic acids is 2. The van der Waals surface area contributed by atoms with Gasteiger partial charge in [-0.2, -0.15) is 13.2 Å². The lowest BCUT2D eigenvalue weighted by atomic mass is 9.96. The maximum atomic E-state index is 13.4. The Morgan fingerprint density at radius 1 is 1.12 bits per heavy atom. The first kappa shape index (κ1) is 27.3. The second-order valence-electron chi connectivity index (χ2n) is 8.98. The zero-order valence-corrected chi connectivity index (χ0v) is 21.2. The molecular weight excluding hydrogens is 558 g/mol. The number of nitrogens with one attached hydrogen (secondary N) is 4. The van der Waals surface area contributed by atoms with Gasteiger partial charge in [0.25, 0.3) is 5.91 Å². The summed E-state index contributed by atoms with van der Waals surface area (Å²) in [5.74, 6) is -2.09. The number of carbonyl (C=O) groups is 2. The van der Waals surface area contributed by atoms with E-state index in [1.807, 2.05) is 0 Å². The molecule has 4 N–H and O–H groups in total. The van der Waals surface area contributed by atoms with Crippen LogP contribution < -0.4 is 16.0 Å². The van der Waals surface area contributed by atoms with Crippen molar-refractivity contribution < 1.29 is 31.9 Å². The van der Waals surface area contributed by atoms with Gasteiger partial charge in [0, 0.05) is 19.2 Å². The highest BCUT2D eigenvalue weighted by Crippen LogP contribution is 2.37. The predicted molar refractivity (Wildman–Crippen MR) is 135 cm³/mol. The zero-order chi connectivity index (χ0) is 28.5. The Hall–Kier alpha value is -4.30. The third kappa shape index (κ3) is 5.67. The van der Waals surface area contributed by atoms with Gasteiger partial charge in [-0.1, -0.05) is 11.6 Å². The SMILES string of the molecule is O=C(N[C@@]1(C(=O)NCc2ncc(Nc3ccc(F)cc3C(F)(F)F)cc2Cl)CCOC1)c1cnc2nc[nH]c2c1. The molecule has 10 nitrogen and oxygen atoms in total. The van der Waals surface area contributed by atoms with Gasteiger partial charge in [0.15, 0.2) is 5.65 Å². The molecule has 208 valence electrons. The van der Waals surface area contributed by atoms with Crippen LogP contribution in [0.4, 0.5) is 28.9 Å². The molecule has 1 aliphatic rings. The number of fused-ring (bicyclic) bond motifs is 1. The lowest BCUT2D eigenvalue weighted by Crippen LogP contribution is -2.59. The third-order valence-electron chi connectivity index (χ3n) is 6.24. The topological polar surface area (TPSA) is 134 Å². The molecule has 5 rings (SSSR count). The van der Waals surface area contributed by atoms with Crippen LogP contribution in [0.3, 0.4) is 0 Å². The van der Waals surface area contributed by atoms with Crippen LogP contribution in [0.5, 0.6) is 0 Å². The monoisotopic (exact) mass is 577 g/mol. The molecule has 0 spiro atoms. The van der Waals surface area contributed by atoms with Crippen molar-refractivity contribution in [2.75, 3.05) is 18.5 Å². The number of ether oxygens (including phenoxy) is 1. The highest BCUT2D eigenvalue weighted by Gasteiger charge is 2.44. The summed E-state index contributed by atoms with van der Waals surface area (Å²) < 4.78 is 58.7. The van der Waals surface area contributed by atoms with E-state index in [2.05, 4.69) is 35.9 Å². The van der Waals surface area contributed by atoms with Crippen molar-refractivity contribution in [1.29, 1.82) is 0 Å². The van der Waals surface area contributed by atoms with Gasteiger partial charge >= 0.3 is 6.18 Å². The summed E-state index contributed by atoms with van der Waals surface area (Å²) in [4.78, 5) is 41.3.